The van der Waals surface area contributed by atoms with Crippen LogP contribution < -0.4 is 0 Å². The van der Waals surface area contributed by atoms with Crippen LogP contribution in [0, 0.1) is 0 Å². The van der Waals surface area contributed by atoms with Crippen molar-refractivity contribution in [3.63, 3.8) is 0 Å². The van der Waals surface area contributed by atoms with E-state index in [0.29, 0.717) is 12.6 Å². The molecule has 4 nitrogen and oxygen atoms in total. The first-order valence-corrected chi connectivity index (χ1v) is 9.90. The number of hydrogen-bond acceptors (Lipinski definition) is 4. The zero-order valence-electron chi connectivity index (χ0n) is 16.5. The lowest BCUT2D eigenvalue weighted by atomic mass is 10.1. The minimum absolute atomic E-state index is 0.193. The molecule has 0 radical (unpaired) electrons. The second-order valence-corrected chi connectivity index (χ2v) is 6.18. The Balaban J connectivity index is 4.56. The van der Waals surface area contributed by atoms with E-state index in [2.05, 4.69) is 20.8 Å². The molecule has 24 heavy (non-hydrogen) atoms. The van der Waals surface area contributed by atoms with Gasteiger partial charge < -0.3 is 18.9 Å². The Bertz CT molecular complexity index is 289. The summed E-state index contributed by atoms with van der Waals surface area (Å²) >= 11 is 0. The fraction of sp³-hybridized carbons (Fsp3) is 0.900. The molecule has 0 aromatic heterocycles. The van der Waals surface area contributed by atoms with Crippen molar-refractivity contribution in [2.24, 2.45) is 0 Å². The molecule has 0 aromatic rings. The van der Waals surface area contributed by atoms with Crippen LogP contribution in [-0.4, -0.2) is 27.1 Å². The summed E-state index contributed by atoms with van der Waals surface area (Å²) in [6.07, 6.45) is 12.7. The molecule has 0 N–H and O–H groups in total. The monoisotopic (exact) mass is 344 g/mol. The average Bonchev–Trinajstić information content (AvgIpc) is 2.60. The summed E-state index contributed by atoms with van der Waals surface area (Å²) in [4.78, 5) is 0. The maximum absolute atomic E-state index is 5.97. The third-order valence-corrected chi connectivity index (χ3v) is 3.80. The van der Waals surface area contributed by atoms with Crippen LogP contribution in [0.3, 0.4) is 0 Å². The van der Waals surface area contributed by atoms with Crippen LogP contribution in [-0.2, 0) is 18.9 Å². The molecule has 0 heterocycles. The van der Waals surface area contributed by atoms with E-state index in [0.717, 1.165) is 50.9 Å². The van der Waals surface area contributed by atoms with Crippen molar-refractivity contribution < 1.29 is 18.9 Å². The smallest absolute Gasteiger partial charge is 0.321 e. The Hall–Kier alpha value is -0.900. The molecule has 0 saturated heterocycles. The van der Waals surface area contributed by atoms with Gasteiger partial charge >= 0.3 is 5.95 Å². The predicted octanol–water partition coefficient (Wildman–Crippen LogP) is 6.16. The van der Waals surface area contributed by atoms with Gasteiger partial charge in [-0.1, -0.05) is 65.7 Å². The van der Waals surface area contributed by atoms with Gasteiger partial charge in [0.2, 0.25) is 0 Å². The molecule has 0 spiro atoms. The maximum Gasteiger partial charge on any atom is 0.321 e. The SMILES string of the molecule is CCCCCCCCC(OCCCC)=C(OCCCC)OCOC. The van der Waals surface area contributed by atoms with Crippen molar-refractivity contribution >= 4 is 0 Å². The number of methoxy groups -OCH3 is 1. The fourth-order valence-electron chi connectivity index (χ4n) is 2.26. The van der Waals surface area contributed by atoms with Gasteiger partial charge in [-0.3, -0.25) is 0 Å². The van der Waals surface area contributed by atoms with E-state index in [1.807, 2.05) is 0 Å². The van der Waals surface area contributed by atoms with Gasteiger partial charge in [-0.05, 0) is 19.3 Å². The molecule has 0 amide bonds. The number of unbranched alkanes of at least 4 members (excludes halogenated alkanes) is 7. The van der Waals surface area contributed by atoms with E-state index in [9.17, 15) is 0 Å². The molecule has 0 rings (SSSR count). The van der Waals surface area contributed by atoms with E-state index in [1.54, 1.807) is 7.11 Å². The summed E-state index contributed by atoms with van der Waals surface area (Å²) in [6.45, 7) is 8.14. The Morgan fingerprint density at radius 1 is 0.625 bits per heavy atom. The first-order chi connectivity index (χ1) is 11.8. The van der Waals surface area contributed by atoms with Crippen molar-refractivity contribution in [3.05, 3.63) is 11.7 Å². The third kappa shape index (κ3) is 13.5. The first kappa shape index (κ1) is 23.1. The highest BCUT2D eigenvalue weighted by molar-refractivity contribution is 4.95. The van der Waals surface area contributed by atoms with Crippen molar-refractivity contribution in [2.45, 2.75) is 91.4 Å². The molecule has 0 aliphatic carbocycles. The third-order valence-electron chi connectivity index (χ3n) is 3.80. The van der Waals surface area contributed by atoms with Gasteiger partial charge in [0.25, 0.3) is 0 Å². The zero-order chi connectivity index (χ0) is 17.9. The van der Waals surface area contributed by atoms with Crippen molar-refractivity contribution in [1.29, 1.82) is 0 Å². The lowest BCUT2D eigenvalue weighted by Gasteiger charge is -2.17. The molecule has 0 aliphatic rings. The van der Waals surface area contributed by atoms with Crippen LogP contribution in [0.4, 0.5) is 0 Å². The second kappa shape index (κ2) is 18.4. The molecular weight excluding hydrogens is 304 g/mol. The van der Waals surface area contributed by atoms with Gasteiger partial charge in [0.15, 0.2) is 12.6 Å². The highest BCUT2D eigenvalue weighted by Crippen LogP contribution is 2.19. The standard InChI is InChI=1S/C20H40O4/c1-5-8-11-12-13-14-15-19(22-16-9-6-2)20(24-18-21-4)23-17-10-7-3/h5-18H2,1-4H3. The van der Waals surface area contributed by atoms with Crippen LogP contribution >= 0.6 is 0 Å². The average molecular weight is 345 g/mol. The lowest BCUT2D eigenvalue weighted by molar-refractivity contribution is -0.0690. The van der Waals surface area contributed by atoms with E-state index in [-0.39, 0.29) is 6.79 Å². The Morgan fingerprint density at radius 2 is 1.21 bits per heavy atom. The molecule has 0 saturated carbocycles. The normalized spacial score (nSPS) is 12.0. The minimum Gasteiger partial charge on any atom is -0.491 e. The quantitative estimate of drug-likeness (QED) is 0.169. The fourth-order valence-corrected chi connectivity index (χ4v) is 2.26. The molecule has 144 valence electrons. The predicted molar refractivity (Wildman–Crippen MR) is 99.7 cm³/mol. The summed E-state index contributed by atoms with van der Waals surface area (Å²) in [6, 6.07) is 0. The largest absolute Gasteiger partial charge is 0.491 e. The van der Waals surface area contributed by atoms with Gasteiger partial charge in [-0.15, -0.1) is 0 Å². The molecule has 4 heteroatoms. The van der Waals surface area contributed by atoms with Crippen LogP contribution in [0.15, 0.2) is 11.7 Å². The van der Waals surface area contributed by atoms with Crippen molar-refractivity contribution in [1.82, 2.24) is 0 Å². The summed E-state index contributed by atoms with van der Waals surface area (Å²) < 4.78 is 22.5. The number of hydrogen-bond donors (Lipinski definition) is 0. The summed E-state index contributed by atoms with van der Waals surface area (Å²) in [5, 5.41) is 0. The summed E-state index contributed by atoms with van der Waals surface area (Å²) in [7, 11) is 1.62. The Morgan fingerprint density at radius 3 is 1.83 bits per heavy atom. The number of allylic oxidation sites excluding steroid dienone is 1. The highest BCUT2D eigenvalue weighted by atomic mass is 16.7. The summed E-state index contributed by atoms with van der Waals surface area (Å²) in [5.74, 6) is 1.38. The van der Waals surface area contributed by atoms with Crippen molar-refractivity contribution in [2.75, 3.05) is 27.1 Å². The molecular formula is C20H40O4. The molecule has 0 bridgehead atoms. The van der Waals surface area contributed by atoms with Crippen molar-refractivity contribution in [3.8, 4) is 0 Å². The van der Waals surface area contributed by atoms with E-state index in [1.165, 1.54) is 32.1 Å². The summed E-state index contributed by atoms with van der Waals surface area (Å²) in [5.41, 5.74) is 0. The van der Waals surface area contributed by atoms with Gasteiger partial charge in [-0.25, -0.2) is 0 Å². The highest BCUT2D eigenvalue weighted by Gasteiger charge is 2.12. The van der Waals surface area contributed by atoms with Crippen LogP contribution in [0.2, 0.25) is 0 Å². The van der Waals surface area contributed by atoms with Gasteiger partial charge in [0.1, 0.15) is 0 Å². The number of rotatable bonds is 18. The van der Waals surface area contributed by atoms with E-state index >= 15 is 0 Å². The lowest BCUT2D eigenvalue weighted by Crippen LogP contribution is -2.09. The van der Waals surface area contributed by atoms with Crippen LogP contribution in [0.5, 0.6) is 0 Å². The van der Waals surface area contributed by atoms with Gasteiger partial charge in [0.05, 0.1) is 13.2 Å². The Labute approximate surface area is 149 Å². The zero-order valence-corrected chi connectivity index (χ0v) is 16.5. The molecule has 0 atom stereocenters. The van der Waals surface area contributed by atoms with Gasteiger partial charge in [-0.2, -0.15) is 0 Å². The molecule has 0 aromatic carbocycles. The van der Waals surface area contributed by atoms with Crippen LogP contribution in [0.25, 0.3) is 0 Å². The van der Waals surface area contributed by atoms with Crippen LogP contribution in [0.1, 0.15) is 91.4 Å². The second-order valence-electron chi connectivity index (χ2n) is 6.18. The first-order valence-electron chi connectivity index (χ1n) is 9.90. The maximum atomic E-state index is 5.97. The molecule has 0 aliphatic heterocycles. The van der Waals surface area contributed by atoms with Gasteiger partial charge in [0, 0.05) is 13.5 Å². The van der Waals surface area contributed by atoms with E-state index in [4.69, 9.17) is 18.9 Å². The molecule has 0 fully saturated rings. The van der Waals surface area contributed by atoms with E-state index < -0.39 is 0 Å². The minimum atomic E-state index is 0.193. The topological polar surface area (TPSA) is 36.9 Å². The molecule has 0 unspecified atom stereocenters. The number of ether oxygens (including phenoxy) is 4. The Kier molecular flexibility index (Phi) is 17.7.